The summed E-state index contributed by atoms with van der Waals surface area (Å²) in [4.78, 5) is 16.3. The first-order valence-electron chi connectivity index (χ1n) is 9.43. The van der Waals surface area contributed by atoms with Crippen LogP contribution in [-0.2, 0) is 14.8 Å². The van der Waals surface area contributed by atoms with E-state index < -0.39 is 10.0 Å². The molecule has 2 rings (SSSR count). The maximum atomic E-state index is 13.4. The zero-order valence-corrected chi connectivity index (χ0v) is 18.7. The third-order valence-electron chi connectivity index (χ3n) is 6.15. The summed E-state index contributed by atoms with van der Waals surface area (Å²) >= 11 is 0. The fourth-order valence-corrected chi connectivity index (χ4v) is 5.82. The van der Waals surface area contributed by atoms with Gasteiger partial charge < -0.3 is 4.90 Å². The standard InChI is InChI=1S/C20H33N3O3S/c1-13-14(2)16(4)19(17(5)15(13)3)27(25,26)23-11-9-22(10-12-23)18(6)20(24)21(7)8/h18H,9-12H2,1-8H3/t18-/m0/s1. The van der Waals surface area contributed by atoms with Crippen molar-refractivity contribution < 1.29 is 13.2 Å². The maximum Gasteiger partial charge on any atom is 0.243 e. The van der Waals surface area contributed by atoms with Crippen molar-refractivity contribution in [2.75, 3.05) is 40.3 Å². The highest BCUT2D eigenvalue weighted by molar-refractivity contribution is 7.89. The smallest absolute Gasteiger partial charge is 0.243 e. The molecule has 0 radical (unpaired) electrons. The second-order valence-corrected chi connectivity index (χ2v) is 9.68. The summed E-state index contributed by atoms with van der Waals surface area (Å²) in [6.07, 6.45) is 0. The lowest BCUT2D eigenvalue weighted by Gasteiger charge is -2.38. The van der Waals surface area contributed by atoms with Gasteiger partial charge in [0.15, 0.2) is 0 Å². The Hall–Kier alpha value is -1.44. The van der Waals surface area contributed by atoms with Gasteiger partial charge in [0.25, 0.3) is 0 Å². The van der Waals surface area contributed by atoms with Crippen LogP contribution in [0.5, 0.6) is 0 Å². The van der Waals surface area contributed by atoms with E-state index in [9.17, 15) is 13.2 Å². The van der Waals surface area contributed by atoms with Crippen LogP contribution >= 0.6 is 0 Å². The fourth-order valence-electron chi connectivity index (χ4n) is 3.84. The molecule has 1 aromatic carbocycles. The molecule has 1 amide bonds. The van der Waals surface area contributed by atoms with Crippen LogP contribution in [-0.4, -0.2) is 74.7 Å². The van der Waals surface area contributed by atoms with Gasteiger partial charge in [-0.05, 0) is 69.4 Å². The Bertz CT molecular complexity index is 810. The van der Waals surface area contributed by atoms with Crippen molar-refractivity contribution >= 4 is 15.9 Å². The molecule has 1 atom stereocenters. The van der Waals surface area contributed by atoms with Crippen LogP contribution in [0.2, 0.25) is 0 Å². The molecule has 0 unspecified atom stereocenters. The Balaban J connectivity index is 2.28. The minimum atomic E-state index is -3.56. The van der Waals surface area contributed by atoms with Crippen LogP contribution in [0, 0.1) is 34.6 Å². The number of amides is 1. The number of hydrogen-bond donors (Lipinski definition) is 0. The number of hydrogen-bond acceptors (Lipinski definition) is 4. The van der Waals surface area contributed by atoms with E-state index in [1.165, 1.54) is 0 Å². The molecule has 0 aromatic heterocycles. The molecule has 6 nitrogen and oxygen atoms in total. The summed E-state index contributed by atoms with van der Waals surface area (Å²) in [5, 5.41) is 0. The number of likely N-dealkylation sites (N-methyl/N-ethyl adjacent to an activating group) is 1. The first kappa shape index (κ1) is 21.9. The molecule has 1 heterocycles. The molecule has 0 saturated carbocycles. The SMILES string of the molecule is Cc1c(C)c(C)c(S(=O)(=O)N2CCN([C@@H](C)C(=O)N(C)C)CC2)c(C)c1C. The number of carbonyl (C=O) groups is 1. The molecule has 1 aliphatic rings. The normalized spacial score (nSPS) is 17.8. The van der Waals surface area contributed by atoms with E-state index in [-0.39, 0.29) is 11.9 Å². The second kappa shape index (κ2) is 7.89. The van der Waals surface area contributed by atoms with Crippen LogP contribution in [0.3, 0.4) is 0 Å². The Labute approximate surface area is 164 Å². The van der Waals surface area contributed by atoms with Gasteiger partial charge in [-0.3, -0.25) is 9.69 Å². The molecule has 7 heteroatoms. The maximum absolute atomic E-state index is 13.4. The average molecular weight is 396 g/mol. The summed E-state index contributed by atoms with van der Waals surface area (Å²) in [5.74, 6) is 0.0442. The van der Waals surface area contributed by atoms with Crippen molar-refractivity contribution in [3.63, 3.8) is 0 Å². The van der Waals surface area contributed by atoms with E-state index in [1.54, 1.807) is 23.3 Å². The van der Waals surface area contributed by atoms with Crippen LogP contribution in [0.1, 0.15) is 34.7 Å². The summed E-state index contributed by atoms with van der Waals surface area (Å²) in [6, 6.07) is -0.239. The summed E-state index contributed by atoms with van der Waals surface area (Å²) < 4.78 is 28.4. The van der Waals surface area contributed by atoms with Crippen LogP contribution in [0.15, 0.2) is 4.90 Å². The lowest BCUT2D eigenvalue weighted by atomic mass is 9.95. The average Bonchev–Trinajstić information content (AvgIpc) is 2.63. The van der Waals surface area contributed by atoms with Gasteiger partial charge in [0.05, 0.1) is 10.9 Å². The van der Waals surface area contributed by atoms with E-state index in [0.717, 1.165) is 27.8 Å². The van der Waals surface area contributed by atoms with Crippen molar-refractivity contribution in [3.8, 4) is 0 Å². The van der Waals surface area contributed by atoms with Gasteiger partial charge in [0, 0.05) is 40.3 Å². The Morgan fingerprint density at radius 2 is 1.26 bits per heavy atom. The highest BCUT2D eigenvalue weighted by atomic mass is 32.2. The van der Waals surface area contributed by atoms with Crippen LogP contribution in [0.25, 0.3) is 0 Å². The number of piperazine rings is 1. The molecule has 1 aliphatic heterocycles. The molecule has 0 spiro atoms. The highest BCUT2D eigenvalue weighted by Crippen LogP contribution is 2.32. The van der Waals surface area contributed by atoms with E-state index >= 15 is 0 Å². The molecule has 27 heavy (non-hydrogen) atoms. The number of carbonyl (C=O) groups excluding carboxylic acids is 1. The monoisotopic (exact) mass is 395 g/mol. The zero-order chi connectivity index (χ0) is 20.7. The predicted octanol–water partition coefficient (Wildman–Crippen LogP) is 2.01. The Morgan fingerprint density at radius 1 is 0.852 bits per heavy atom. The van der Waals surface area contributed by atoms with E-state index in [4.69, 9.17) is 0 Å². The minimum absolute atomic E-state index is 0.0442. The number of sulfonamides is 1. The summed E-state index contributed by atoms with van der Waals surface area (Å²) in [5.41, 5.74) is 4.93. The lowest BCUT2D eigenvalue weighted by molar-refractivity contribution is -0.134. The van der Waals surface area contributed by atoms with E-state index in [2.05, 4.69) is 4.90 Å². The van der Waals surface area contributed by atoms with Crippen LogP contribution < -0.4 is 0 Å². The second-order valence-electron chi connectivity index (χ2n) is 7.80. The van der Waals surface area contributed by atoms with Crippen molar-refractivity contribution in [1.29, 1.82) is 0 Å². The van der Waals surface area contributed by atoms with Crippen molar-refractivity contribution in [2.24, 2.45) is 0 Å². The first-order valence-corrected chi connectivity index (χ1v) is 10.9. The van der Waals surface area contributed by atoms with Crippen LogP contribution in [0.4, 0.5) is 0 Å². The third-order valence-corrected chi connectivity index (χ3v) is 8.32. The largest absolute Gasteiger partial charge is 0.347 e. The molecule has 1 saturated heterocycles. The highest BCUT2D eigenvalue weighted by Gasteiger charge is 2.34. The molecule has 0 aliphatic carbocycles. The summed E-state index contributed by atoms with van der Waals surface area (Å²) in [6.45, 7) is 13.6. The zero-order valence-electron chi connectivity index (χ0n) is 17.9. The molecular weight excluding hydrogens is 362 g/mol. The van der Waals surface area contributed by atoms with Crippen molar-refractivity contribution in [1.82, 2.24) is 14.1 Å². The summed E-state index contributed by atoms with van der Waals surface area (Å²) in [7, 11) is -0.0731. The Morgan fingerprint density at radius 3 is 1.67 bits per heavy atom. The predicted molar refractivity (Wildman–Crippen MR) is 109 cm³/mol. The van der Waals surface area contributed by atoms with Crippen molar-refractivity contribution in [3.05, 3.63) is 27.8 Å². The first-order chi connectivity index (χ1) is 12.4. The molecular formula is C20H33N3O3S. The molecule has 1 fully saturated rings. The lowest BCUT2D eigenvalue weighted by Crippen LogP contribution is -2.54. The van der Waals surface area contributed by atoms with Gasteiger partial charge in [0.1, 0.15) is 0 Å². The van der Waals surface area contributed by atoms with Gasteiger partial charge in [0.2, 0.25) is 15.9 Å². The number of nitrogens with zero attached hydrogens (tertiary/aromatic N) is 3. The quantitative estimate of drug-likeness (QED) is 0.782. The molecule has 0 bridgehead atoms. The fraction of sp³-hybridized carbons (Fsp3) is 0.650. The van der Waals surface area contributed by atoms with Gasteiger partial charge in [-0.1, -0.05) is 0 Å². The van der Waals surface area contributed by atoms with Gasteiger partial charge in [-0.15, -0.1) is 0 Å². The molecule has 152 valence electrons. The topological polar surface area (TPSA) is 60.9 Å². The van der Waals surface area contributed by atoms with Gasteiger partial charge in [-0.2, -0.15) is 4.31 Å². The van der Waals surface area contributed by atoms with Gasteiger partial charge >= 0.3 is 0 Å². The van der Waals surface area contributed by atoms with E-state index in [1.807, 2.05) is 41.5 Å². The minimum Gasteiger partial charge on any atom is -0.347 e. The van der Waals surface area contributed by atoms with Gasteiger partial charge in [-0.25, -0.2) is 8.42 Å². The number of rotatable bonds is 4. The third kappa shape index (κ3) is 3.91. The number of benzene rings is 1. The van der Waals surface area contributed by atoms with E-state index in [0.29, 0.717) is 31.1 Å². The molecule has 1 aromatic rings. The molecule has 0 N–H and O–H groups in total. The Kier molecular flexibility index (Phi) is 6.39. The van der Waals surface area contributed by atoms with Crippen molar-refractivity contribution in [2.45, 2.75) is 52.5 Å².